The molecule has 0 radical (unpaired) electrons. The molecule has 0 saturated heterocycles. The van der Waals surface area contributed by atoms with Gasteiger partial charge in [-0.05, 0) is 44.9 Å². The molecule has 0 bridgehead atoms. The Morgan fingerprint density at radius 3 is 2.78 bits per heavy atom. The fourth-order valence-corrected chi connectivity index (χ4v) is 2.84. The highest BCUT2D eigenvalue weighted by Crippen LogP contribution is 2.30. The van der Waals surface area contributed by atoms with Crippen molar-refractivity contribution in [2.75, 3.05) is 6.61 Å². The predicted molar refractivity (Wildman–Crippen MR) is 94.4 cm³/mol. The van der Waals surface area contributed by atoms with Crippen LogP contribution in [-0.2, 0) is 22.6 Å². The maximum atomic E-state index is 12.4. The number of fused-ring (bicyclic) bond motifs is 1. The van der Waals surface area contributed by atoms with Gasteiger partial charge in [-0.2, -0.15) is 5.21 Å². The minimum absolute atomic E-state index is 0.111. The van der Waals surface area contributed by atoms with E-state index in [2.05, 4.69) is 20.6 Å². The first-order valence-corrected chi connectivity index (χ1v) is 8.53. The molecular weight excluding hydrogens is 352 g/mol. The third-order valence-electron chi connectivity index (χ3n) is 4.26. The number of hydrogen-bond donors (Lipinski definition) is 0. The molecule has 27 heavy (non-hydrogen) atoms. The lowest BCUT2D eigenvalue weighted by Gasteiger charge is -2.13. The van der Waals surface area contributed by atoms with Crippen LogP contribution < -0.4 is 15.5 Å². The molecule has 0 atom stereocenters. The molecule has 0 aliphatic heterocycles. The van der Waals surface area contributed by atoms with Gasteiger partial charge in [0, 0.05) is 28.8 Å². The summed E-state index contributed by atoms with van der Waals surface area (Å²) in [6, 6.07) is 3.62. The van der Waals surface area contributed by atoms with Gasteiger partial charge in [-0.1, -0.05) is 0 Å². The van der Waals surface area contributed by atoms with Crippen molar-refractivity contribution < 1.29 is 18.7 Å². The monoisotopic (exact) mass is 371 g/mol. The second-order valence-corrected chi connectivity index (χ2v) is 5.95. The van der Waals surface area contributed by atoms with Crippen LogP contribution in [0.1, 0.15) is 35.9 Å². The normalized spacial score (nSPS) is 10.9. The molecule has 0 N–H and O–H groups in total. The maximum absolute atomic E-state index is 12.4. The summed E-state index contributed by atoms with van der Waals surface area (Å²) < 4.78 is 16.1. The van der Waals surface area contributed by atoms with Crippen LogP contribution in [0, 0.1) is 13.8 Å². The summed E-state index contributed by atoms with van der Waals surface area (Å²) in [6.07, 6.45) is 0.404. The number of carbonyl (C=O) groups is 1. The van der Waals surface area contributed by atoms with E-state index in [1.54, 1.807) is 19.9 Å². The van der Waals surface area contributed by atoms with Gasteiger partial charge in [0.15, 0.2) is 0 Å². The molecule has 0 unspecified atom stereocenters. The van der Waals surface area contributed by atoms with Gasteiger partial charge in [0.1, 0.15) is 17.9 Å². The van der Waals surface area contributed by atoms with E-state index in [4.69, 9.17) is 13.9 Å². The maximum Gasteiger partial charge on any atom is 0.339 e. The minimum Gasteiger partial charge on any atom is -0.488 e. The summed E-state index contributed by atoms with van der Waals surface area (Å²) in [5.74, 6) is 0.575. The van der Waals surface area contributed by atoms with Gasteiger partial charge in [0.25, 0.3) is 0 Å². The highest BCUT2D eigenvalue weighted by atomic mass is 16.5. The fraction of sp³-hybridized carbons (Fsp3) is 0.389. The molecule has 9 nitrogen and oxygen atoms in total. The average Bonchev–Trinajstić information content (AvgIpc) is 3.15. The summed E-state index contributed by atoms with van der Waals surface area (Å²) in [5.41, 5.74) is 1.95. The van der Waals surface area contributed by atoms with Gasteiger partial charge in [0.2, 0.25) is 0 Å². The first-order valence-electron chi connectivity index (χ1n) is 8.53. The van der Waals surface area contributed by atoms with Crippen LogP contribution in [-0.4, -0.2) is 28.1 Å². The van der Waals surface area contributed by atoms with E-state index in [-0.39, 0.29) is 25.4 Å². The highest BCUT2D eigenvalue weighted by molar-refractivity contribution is 5.85. The molecule has 0 aliphatic carbocycles. The summed E-state index contributed by atoms with van der Waals surface area (Å²) in [4.78, 5) is 24.0. The van der Waals surface area contributed by atoms with Gasteiger partial charge in [-0.15, -0.1) is 0 Å². The summed E-state index contributed by atoms with van der Waals surface area (Å²) in [6.45, 7) is 5.82. The molecule has 1 aromatic carbocycles. The Kier molecular flexibility index (Phi) is 5.49. The zero-order valence-electron chi connectivity index (χ0n) is 15.3. The number of ether oxygens (including phenoxy) is 2. The van der Waals surface area contributed by atoms with E-state index in [0.29, 0.717) is 34.9 Å². The second-order valence-electron chi connectivity index (χ2n) is 5.95. The van der Waals surface area contributed by atoms with Crippen LogP contribution in [0.3, 0.4) is 0 Å². The van der Waals surface area contributed by atoms with Gasteiger partial charge >= 0.3 is 11.6 Å². The SMILES string of the molecule is CCOC(=O)CCc1c(C)c2ccc(OCc3nnn[n-]3)c(C)c2oc1=O. The summed E-state index contributed by atoms with van der Waals surface area (Å²) in [7, 11) is 0. The molecule has 2 aromatic heterocycles. The van der Waals surface area contributed by atoms with Crippen molar-refractivity contribution in [2.45, 2.75) is 40.2 Å². The summed E-state index contributed by atoms with van der Waals surface area (Å²) >= 11 is 0. The topological polar surface area (TPSA) is 119 Å². The zero-order valence-corrected chi connectivity index (χ0v) is 15.3. The first-order chi connectivity index (χ1) is 13.0. The van der Waals surface area contributed by atoms with Crippen LogP contribution >= 0.6 is 0 Å². The van der Waals surface area contributed by atoms with E-state index in [0.717, 1.165) is 10.9 Å². The first kappa shape index (κ1) is 18.6. The minimum atomic E-state index is -0.461. The lowest BCUT2D eigenvalue weighted by atomic mass is 10.0. The van der Waals surface area contributed by atoms with E-state index in [1.807, 2.05) is 13.0 Å². The molecule has 142 valence electrons. The molecular formula is C18H19N4O5-. The zero-order chi connectivity index (χ0) is 19.4. The van der Waals surface area contributed by atoms with Crippen LogP contribution in [0.5, 0.6) is 5.75 Å². The molecule has 0 spiro atoms. The van der Waals surface area contributed by atoms with Crippen LogP contribution in [0.2, 0.25) is 0 Å². The highest BCUT2D eigenvalue weighted by Gasteiger charge is 2.16. The van der Waals surface area contributed by atoms with Crippen molar-refractivity contribution in [3.8, 4) is 5.75 Å². The Labute approximate surface area is 154 Å². The smallest absolute Gasteiger partial charge is 0.339 e. The number of benzene rings is 1. The second kappa shape index (κ2) is 7.98. The van der Waals surface area contributed by atoms with Gasteiger partial charge in [0.05, 0.1) is 6.61 Å². The molecule has 0 amide bonds. The Morgan fingerprint density at radius 1 is 1.26 bits per heavy atom. The molecule has 0 aliphatic rings. The third-order valence-corrected chi connectivity index (χ3v) is 4.26. The van der Waals surface area contributed by atoms with Crippen molar-refractivity contribution in [3.63, 3.8) is 0 Å². The largest absolute Gasteiger partial charge is 0.488 e. The van der Waals surface area contributed by atoms with E-state index < -0.39 is 5.63 Å². The van der Waals surface area contributed by atoms with Gasteiger partial charge in [-0.3, -0.25) is 15.1 Å². The van der Waals surface area contributed by atoms with Crippen LogP contribution in [0.4, 0.5) is 0 Å². The lowest BCUT2D eigenvalue weighted by Crippen LogP contribution is -2.14. The van der Waals surface area contributed by atoms with Crippen LogP contribution in [0.15, 0.2) is 21.3 Å². The van der Waals surface area contributed by atoms with Crippen molar-refractivity contribution in [3.05, 3.63) is 45.1 Å². The van der Waals surface area contributed by atoms with E-state index >= 15 is 0 Å². The lowest BCUT2D eigenvalue weighted by molar-refractivity contribution is -0.143. The van der Waals surface area contributed by atoms with Gasteiger partial charge in [-0.25, -0.2) is 4.79 Å². The molecule has 0 fully saturated rings. The van der Waals surface area contributed by atoms with Crippen LogP contribution in [0.25, 0.3) is 11.0 Å². The van der Waals surface area contributed by atoms with E-state index in [9.17, 15) is 9.59 Å². The Morgan fingerprint density at radius 2 is 2.07 bits per heavy atom. The quantitative estimate of drug-likeness (QED) is 0.451. The molecule has 3 rings (SSSR count). The molecule has 0 saturated carbocycles. The molecule has 2 heterocycles. The fourth-order valence-electron chi connectivity index (χ4n) is 2.84. The number of esters is 1. The predicted octanol–water partition coefficient (Wildman–Crippen LogP) is 1.63. The number of carbonyl (C=O) groups excluding carboxylic acids is 1. The number of nitrogens with zero attached hydrogens (tertiary/aromatic N) is 4. The average molecular weight is 371 g/mol. The van der Waals surface area contributed by atoms with Crippen molar-refractivity contribution in [2.24, 2.45) is 0 Å². The Balaban J connectivity index is 1.89. The molecule has 3 aromatic rings. The number of aryl methyl sites for hydroxylation is 2. The number of tetrazole rings is 1. The van der Waals surface area contributed by atoms with E-state index in [1.165, 1.54) is 0 Å². The van der Waals surface area contributed by atoms with Gasteiger partial charge < -0.3 is 19.0 Å². The standard InChI is InChI=1S/C18H19N4O5/c1-4-25-16(23)8-6-13-10(2)12-5-7-14(11(3)17(12)27-18(13)24)26-9-15-19-21-22-20-15/h5,7H,4,6,8-9H2,1-3H3/q-1. The Bertz CT molecular complexity index is 1010. The van der Waals surface area contributed by atoms with Crippen molar-refractivity contribution >= 4 is 16.9 Å². The Hall–Kier alpha value is -3.23. The van der Waals surface area contributed by atoms with Crippen molar-refractivity contribution in [1.82, 2.24) is 20.6 Å². The van der Waals surface area contributed by atoms with Crippen molar-refractivity contribution in [1.29, 1.82) is 0 Å². The third kappa shape index (κ3) is 3.97. The summed E-state index contributed by atoms with van der Waals surface area (Å²) in [5, 5.41) is 15.0. The number of rotatable bonds is 7. The molecule has 9 heteroatoms. The number of aromatic nitrogens is 4. The number of hydrogen-bond acceptors (Lipinski definition) is 8.